The van der Waals surface area contributed by atoms with Gasteiger partial charge in [-0.3, -0.25) is 14.5 Å². The van der Waals surface area contributed by atoms with Crippen LogP contribution in [-0.4, -0.2) is 67.5 Å². The largest absolute Gasteiger partial charge is 0.284 e. The summed E-state index contributed by atoms with van der Waals surface area (Å²) < 4.78 is 26.4. The number of likely N-dealkylation sites (N-methyl/N-ethyl adjacent to an activating group) is 1. The number of nitrogens with zero attached hydrogens (tertiary/aromatic N) is 3. The van der Waals surface area contributed by atoms with E-state index < -0.39 is 22.2 Å². The Labute approximate surface area is 108 Å². The van der Waals surface area contributed by atoms with Crippen LogP contribution in [0.5, 0.6) is 0 Å². The summed E-state index contributed by atoms with van der Waals surface area (Å²) >= 11 is 0. The first-order valence-electron chi connectivity index (χ1n) is 5.73. The molecule has 7 nitrogen and oxygen atoms in total. The Morgan fingerprint density at radius 3 is 2.22 bits per heavy atom. The van der Waals surface area contributed by atoms with Crippen molar-refractivity contribution in [3.8, 4) is 0 Å². The average Bonchev–Trinajstić information content (AvgIpc) is 2.53. The topological polar surface area (TPSA) is 78.0 Å². The molecule has 0 aromatic rings. The zero-order chi connectivity index (χ0) is 14.1. The van der Waals surface area contributed by atoms with Crippen LogP contribution >= 0.6 is 0 Å². The Morgan fingerprint density at radius 2 is 1.89 bits per heavy atom. The second-order valence-electron chi connectivity index (χ2n) is 4.41. The van der Waals surface area contributed by atoms with Crippen LogP contribution in [0.2, 0.25) is 0 Å². The van der Waals surface area contributed by atoms with Crippen molar-refractivity contribution in [1.29, 1.82) is 0 Å². The lowest BCUT2D eigenvalue weighted by molar-refractivity contribution is -0.137. The van der Waals surface area contributed by atoms with Gasteiger partial charge < -0.3 is 0 Å². The van der Waals surface area contributed by atoms with Crippen molar-refractivity contribution >= 4 is 22.0 Å². The summed E-state index contributed by atoms with van der Waals surface area (Å²) in [7, 11) is 0.486. The van der Waals surface area contributed by atoms with Crippen LogP contribution in [0.15, 0.2) is 0 Å². The lowest BCUT2D eigenvalue weighted by atomic mass is 10.2. The predicted octanol–water partition coefficient (Wildman–Crippen LogP) is -0.738. The molecule has 0 bridgehead atoms. The number of rotatable bonds is 5. The van der Waals surface area contributed by atoms with Gasteiger partial charge in [-0.05, 0) is 6.42 Å². The van der Waals surface area contributed by atoms with Gasteiger partial charge in [-0.1, -0.05) is 6.92 Å². The standard InChI is InChI=1S/C10H19N3O4S/c1-5-6-13(18(16,17)11(2)3)8-7-9(14)12(4)10(8)15/h8H,5-7H2,1-4H3. The molecule has 0 aliphatic carbocycles. The van der Waals surface area contributed by atoms with Crippen molar-refractivity contribution in [2.45, 2.75) is 25.8 Å². The molecule has 1 saturated heterocycles. The zero-order valence-corrected chi connectivity index (χ0v) is 11.9. The second-order valence-corrected chi connectivity index (χ2v) is 6.51. The van der Waals surface area contributed by atoms with Crippen molar-refractivity contribution in [2.24, 2.45) is 0 Å². The van der Waals surface area contributed by atoms with Gasteiger partial charge >= 0.3 is 0 Å². The van der Waals surface area contributed by atoms with E-state index >= 15 is 0 Å². The summed E-state index contributed by atoms with van der Waals surface area (Å²) in [6, 6.07) is -0.908. The van der Waals surface area contributed by atoms with Crippen LogP contribution in [0.4, 0.5) is 0 Å². The monoisotopic (exact) mass is 277 g/mol. The number of likely N-dealkylation sites (tertiary alicyclic amines) is 1. The van der Waals surface area contributed by atoms with Gasteiger partial charge in [0.1, 0.15) is 6.04 Å². The Bertz CT molecular complexity index is 446. The molecule has 1 heterocycles. The third-order valence-corrected chi connectivity index (χ3v) is 4.86. The lowest BCUT2D eigenvalue weighted by Gasteiger charge is -2.28. The highest BCUT2D eigenvalue weighted by Crippen LogP contribution is 2.21. The van der Waals surface area contributed by atoms with Crippen LogP contribution < -0.4 is 0 Å². The molecule has 0 spiro atoms. The normalized spacial score (nSPS) is 21.4. The molecule has 1 atom stereocenters. The Balaban J connectivity index is 3.08. The summed E-state index contributed by atoms with van der Waals surface area (Å²) in [6.07, 6.45) is 0.497. The first-order valence-corrected chi connectivity index (χ1v) is 7.12. The van der Waals surface area contributed by atoms with Crippen molar-refractivity contribution in [1.82, 2.24) is 13.5 Å². The van der Waals surface area contributed by atoms with Crippen LogP contribution in [0.1, 0.15) is 19.8 Å². The van der Waals surface area contributed by atoms with Gasteiger partial charge in [-0.15, -0.1) is 0 Å². The van der Waals surface area contributed by atoms with E-state index in [0.717, 1.165) is 13.5 Å². The molecule has 2 amide bonds. The number of carbonyl (C=O) groups is 2. The fraction of sp³-hybridized carbons (Fsp3) is 0.800. The number of amides is 2. The summed E-state index contributed by atoms with van der Waals surface area (Å²) in [5, 5.41) is 0. The maximum absolute atomic E-state index is 12.1. The molecule has 18 heavy (non-hydrogen) atoms. The number of hydrogen-bond donors (Lipinski definition) is 0. The predicted molar refractivity (Wildman–Crippen MR) is 65.8 cm³/mol. The molecule has 1 aliphatic rings. The number of carbonyl (C=O) groups excluding carboxylic acids is 2. The first kappa shape index (κ1) is 15.1. The van der Waals surface area contributed by atoms with E-state index in [1.807, 2.05) is 6.92 Å². The quantitative estimate of drug-likeness (QED) is 0.620. The van der Waals surface area contributed by atoms with Gasteiger partial charge in [0, 0.05) is 27.7 Å². The summed E-state index contributed by atoms with van der Waals surface area (Å²) in [5.74, 6) is -0.807. The van der Waals surface area contributed by atoms with E-state index in [9.17, 15) is 18.0 Å². The molecule has 1 fully saturated rings. The SMILES string of the molecule is CCCN(C1CC(=O)N(C)C1=O)S(=O)(=O)N(C)C. The fourth-order valence-electron chi connectivity index (χ4n) is 1.82. The highest BCUT2D eigenvalue weighted by Gasteiger charge is 2.44. The minimum Gasteiger partial charge on any atom is -0.284 e. The summed E-state index contributed by atoms with van der Waals surface area (Å²) in [4.78, 5) is 24.3. The van der Waals surface area contributed by atoms with E-state index in [1.165, 1.54) is 21.1 Å². The minimum absolute atomic E-state index is 0.0809. The van der Waals surface area contributed by atoms with Crippen molar-refractivity contribution in [3.05, 3.63) is 0 Å². The molecule has 1 unspecified atom stereocenters. The van der Waals surface area contributed by atoms with Crippen LogP contribution in [0, 0.1) is 0 Å². The number of imide groups is 1. The molecule has 1 rings (SSSR count). The second kappa shape index (κ2) is 5.33. The van der Waals surface area contributed by atoms with Crippen molar-refractivity contribution in [2.75, 3.05) is 27.7 Å². The molecule has 104 valence electrons. The molecule has 8 heteroatoms. The fourth-order valence-corrected chi connectivity index (χ4v) is 3.14. The van der Waals surface area contributed by atoms with Gasteiger partial charge in [0.05, 0.1) is 6.42 Å². The third kappa shape index (κ3) is 2.55. The van der Waals surface area contributed by atoms with E-state index in [1.54, 1.807) is 0 Å². The molecule has 0 aromatic carbocycles. The Kier molecular flexibility index (Phi) is 4.46. The van der Waals surface area contributed by atoms with Gasteiger partial charge in [0.25, 0.3) is 10.2 Å². The molecule has 0 N–H and O–H groups in total. The smallest absolute Gasteiger partial charge is 0.282 e. The minimum atomic E-state index is -3.70. The average molecular weight is 277 g/mol. The van der Waals surface area contributed by atoms with E-state index in [-0.39, 0.29) is 18.9 Å². The Morgan fingerprint density at radius 1 is 1.33 bits per heavy atom. The summed E-state index contributed by atoms with van der Waals surface area (Å²) in [6.45, 7) is 2.04. The van der Waals surface area contributed by atoms with E-state index in [4.69, 9.17) is 0 Å². The molecule has 0 aromatic heterocycles. The van der Waals surface area contributed by atoms with Gasteiger partial charge in [-0.2, -0.15) is 17.0 Å². The van der Waals surface area contributed by atoms with Crippen LogP contribution in [0.3, 0.4) is 0 Å². The third-order valence-electron chi connectivity index (χ3n) is 2.91. The highest BCUT2D eigenvalue weighted by molar-refractivity contribution is 7.86. The summed E-state index contributed by atoms with van der Waals surface area (Å²) in [5.41, 5.74) is 0. The Hall–Kier alpha value is -0.990. The maximum atomic E-state index is 12.1. The van der Waals surface area contributed by atoms with Gasteiger partial charge in [0.15, 0.2) is 0 Å². The molecular formula is C10H19N3O4S. The molecule has 1 aliphatic heterocycles. The van der Waals surface area contributed by atoms with Crippen LogP contribution in [-0.2, 0) is 19.8 Å². The first-order chi connectivity index (χ1) is 8.23. The van der Waals surface area contributed by atoms with Gasteiger partial charge in [0.2, 0.25) is 11.8 Å². The number of hydrogen-bond acceptors (Lipinski definition) is 4. The highest BCUT2D eigenvalue weighted by atomic mass is 32.2. The zero-order valence-electron chi connectivity index (χ0n) is 11.1. The van der Waals surface area contributed by atoms with E-state index in [0.29, 0.717) is 6.42 Å². The molecular weight excluding hydrogens is 258 g/mol. The molecule has 0 saturated carbocycles. The van der Waals surface area contributed by atoms with Gasteiger partial charge in [-0.25, -0.2) is 0 Å². The maximum Gasteiger partial charge on any atom is 0.282 e. The lowest BCUT2D eigenvalue weighted by Crippen LogP contribution is -2.49. The van der Waals surface area contributed by atoms with Crippen LogP contribution in [0.25, 0.3) is 0 Å². The van der Waals surface area contributed by atoms with Crippen molar-refractivity contribution < 1.29 is 18.0 Å². The van der Waals surface area contributed by atoms with E-state index in [2.05, 4.69) is 0 Å². The molecule has 0 radical (unpaired) electrons. The van der Waals surface area contributed by atoms with Crippen molar-refractivity contribution in [3.63, 3.8) is 0 Å².